The Labute approximate surface area is 173 Å². The molecule has 4 N–H and O–H groups in total. The average molecular weight is 464 g/mol. The van der Waals surface area contributed by atoms with Gasteiger partial charge in [-0.2, -0.15) is 26.3 Å². The lowest BCUT2D eigenvalue weighted by atomic mass is 9.91. The summed E-state index contributed by atoms with van der Waals surface area (Å²) in [4.78, 5) is 20.2. The number of rotatable bonds is 3. The van der Waals surface area contributed by atoms with E-state index >= 15 is 0 Å². The molecule has 0 unspecified atom stereocenters. The number of hydrogen-bond acceptors (Lipinski definition) is 4. The van der Waals surface area contributed by atoms with Gasteiger partial charge in [-0.05, 0) is 50.4 Å². The normalized spacial score (nSPS) is 18.9. The van der Waals surface area contributed by atoms with Crippen molar-refractivity contribution in [3.63, 3.8) is 0 Å². The Kier molecular flexibility index (Phi) is 11.5. The Morgan fingerprint density at radius 3 is 1.61 bits per heavy atom. The van der Waals surface area contributed by atoms with Crippen molar-refractivity contribution in [1.29, 1.82) is 0 Å². The van der Waals surface area contributed by atoms with Crippen LogP contribution in [0.5, 0.6) is 0 Å². The van der Waals surface area contributed by atoms with E-state index in [0.29, 0.717) is 12.1 Å². The quantitative estimate of drug-likeness (QED) is 0.588. The van der Waals surface area contributed by atoms with Gasteiger partial charge in [-0.25, -0.2) is 14.0 Å². The number of halogens is 7. The highest BCUT2D eigenvalue weighted by Gasteiger charge is 2.38. The number of carboxylic acid groups (broad SMARTS) is 2. The van der Waals surface area contributed by atoms with Crippen molar-refractivity contribution < 1.29 is 50.5 Å². The molecule has 13 heteroatoms. The summed E-state index contributed by atoms with van der Waals surface area (Å²) in [5.41, 5.74) is 7.08. The molecule has 0 heterocycles. The number of benzene rings is 1. The molecule has 1 fully saturated rings. The monoisotopic (exact) mass is 464 g/mol. The van der Waals surface area contributed by atoms with Gasteiger partial charge in [0.05, 0.1) is 0 Å². The van der Waals surface area contributed by atoms with E-state index in [9.17, 15) is 30.7 Å². The third-order valence-electron chi connectivity index (χ3n) is 4.19. The van der Waals surface area contributed by atoms with E-state index in [0.717, 1.165) is 19.4 Å². The van der Waals surface area contributed by atoms with Crippen molar-refractivity contribution in [2.24, 2.45) is 5.73 Å². The van der Waals surface area contributed by atoms with Crippen LogP contribution in [0.2, 0.25) is 0 Å². The molecule has 0 saturated heterocycles. The summed E-state index contributed by atoms with van der Waals surface area (Å²) in [7, 11) is 2.14. The summed E-state index contributed by atoms with van der Waals surface area (Å²) in [6.45, 7) is 0.889. The Morgan fingerprint density at radius 2 is 1.29 bits per heavy atom. The van der Waals surface area contributed by atoms with Gasteiger partial charge in [-0.1, -0.05) is 12.1 Å². The lowest BCUT2D eigenvalue weighted by molar-refractivity contribution is -0.193. The van der Waals surface area contributed by atoms with Crippen LogP contribution < -0.4 is 5.73 Å². The molecular formula is C18H23F7N2O4. The summed E-state index contributed by atoms with van der Waals surface area (Å²) >= 11 is 0. The van der Waals surface area contributed by atoms with Gasteiger partial charge < -0.3 is 15.9 Å². The minimum absolute atomic E-state index is 0.167. The van der Waals surface area contributed by atoms with E-state index in [1.807, 2.05) is 12.1 Å². The molecule has 0 bridgehead atoms. The van der Waals surface area contributed by atoms with Gasteiger partial charge in [0, 0.05) is 18.6 Å². The van der Waals surface area contributed by atoms with E-state index in [-0.39, 0.29) is 5.82 Å². The largest absolute Gasteiger partial charge is 0.490 e. The Hall–Kier alpha value is -2.41. The van der Waals surface area contributed by atoms with Gasteiger partial charge in [-0.15, -0.1) is 0 Å². The van der Waals surface area contributed by atoms with Gasteiger partial charge in [0.15, 0.2) is 0 Å². The predicted molar refractivity (Wildman–Crippen MR) is 95.5 cm³/mol. The zero-order valence-electron chi connectivity index (χ0n) is 16.4. The molecule has 1 aliphatic carbocycles. The maximum absolute atomic E-state index is 12.8. The number of nitrogens with zero attached hydrogens (tertiary/aromatic N) is 1. The van der Waals surface area contributed by atoms with Crippen molar-refractivity contribution in [2.45, 2.75) is 56.7 Å². The molecule has 0 radical (unpaired) electrons. The van der Waals surface area contributed by atoms with Crippen LogP contribution in [-0.2, 0) is 16.1 Å². The third-order valence-corrected chi connectivity index (χ3v) is 4.19. The molecule has 0 aromatic heterocycles. The summed E-state index contributed by atoms with van der Waals surface area (Å²) in [5, 5.41) is 14.2. The summed E-state index contributed by atoms with van der Waals surface area (Å²) < 4.78 is 76.3. The molecule has 1 aliphatic rings. The van der Waals surface area contributed by atoms with Gasteiger partial charge >= 0.3 is 24.3 Å². The molecule has 31 heavy (non-hydrogen) atoms. The first-order valence-corrected chi connectivity index (χ1v) is 8.84. The number of carboxylic acids is 2. The molecular weight excluding hydrogens is 441 g/mol. The SMILES string of the molecule is CN(Cc1ccc(F)cc1)C1CCC(N)CC1.O=C(O)C(F)(F)F.O=C(O)C(F)(F)F. The van der Waals surface area contributed by atoms with Crippen LogP contribution in [0.3, 0.4) is 0 Å². The molecule has 1 saturated carbocycles. The fourth-order valence-electron chi connectivity index (χ4n) is 2.55. The number of nitrogens with two attached hydrogens (primary N) is 1. The van der Waals surface area contributed by atoms with Crippen molar-refractivity contribution in [3.8, 4) is 0 Å². The fraction of sp³-hybridized carbons (Fsp3) is 0.556. The van der Waals surface area contributed by atoms with Crippen LogP contribution in [-0.4, -0.2) is 58.5 Å². The molecule has 0 atom stereocenters. The second-order valence-electron chi connectivity index (χ2n) is 6.72. The summed E-state index contributed by atoms with van der Waals surface area (Å²) in [6, 6.07) is 7.80. The van der Waals surface area contributed by atoms with Gasteiger partial charge in [0.2, 0.25) is 0 Å². The number of hydrogen-bond donors (Lipinski definition) is 3. The fourth-order valence-corrected chi connectivity index (χ4v) is 2.55. The lowest BCUT2D eigenvalue weighted by Gasteiger charge is -2.33. The number of carbonyl (C=O) groups is 2. The van der Waals surface area contributed by atoms with Crippen LogP contribution in [0.1, 0.15) is 31.2 Å². The van der Waals surface area contributed by atoms with E-state index < -0.39 is 24.3 Å². The third kappa shape index (κ3) is 12.8. The molecule has 6 nitrogen and oxygen atoms in total. The van der Waals surface area contributed by atoms with Crippen molar-refractivity contribution in [2.75, 3.05) is 7.05 Å². The lowest BCUT2D eigenvalue weighted by Crippen LogP contribution is -2.38. The van der Waals surface area contributed by atoms with Crippen LogP contribution in [0.25, 0.3) is 0 Å². The van der Waals surface area contributed by atoms with Gasteiger partial charge in [0.1, 0.15) is 5.82 Å². The zero-order chi connectivity index (χ0) is 24.4. The van der Waals surface area contributed by atoms with Crippen molar-refractivity contribution in [1.82, 2.24) is 4.90 Å². The minimum Gasteiger partial charge on any atom is -0.475 e. The second-order valence-corrected chi connectivity index (χ2v) is 6.72. The van der Waals surface area contributed by atoms with E-state index in [4.69, 9.17) is 25.5 Å². The summed E-state index contributed by atoms with van der Waals surface area (Å²) in [5.74, 6) is -5.68. The van der Waals surface area contributed by atoms with Crippen LogP contribution in [0.4, 0.5) is 30.7 Å². The number of alkyl halides is 6. The van der Waals surface area contributed by atoms with E-state index in [1.165, 1.54) is 30.5 Å². The second kappa shape index (κ2) is 12.4. The highest BCUT2D eigenvalue weighted by Crippen LogP contribution is 2.22. The highest BCUT2D eigenvalue weighted by atomic mass is 19.4. The molecule has 1 aromatic rings. The molecule has 178 valence electrons. The predicted octanol–water partition coefficient (Wildman–Crippen LogP) is 3.79. The van der Waals surface area contributed by atoms with Crippen LogP contribution >= 0.6 is 0 Å². The van der Waals surface area contributed by atoms with Crippen LogP contribution in [0, 0.1) is 5.82 Å². The Balaban J connectivity index is 0.000000536. The molecule has 0 aliphatic heterocycles. The molecule has 1 aromatic carbocycles. The standard InChI is InChI=1S/C14H21FN2.2C2HF3O2/c1-17(14-8-6-13(16)7-9-14)10-11-2-4-12(15)5-3-11;2*3-2(4,5)1(6)7/h2-5,13-14H,6-10,16H2,1H3;2*(H,6,7). The first-order chi connectivity index (χ1) is 14.0. The molecule has 2 rings (SSSR count). The maximum Gasteiger partial charge on any atom is 0.490 e. The van der Waals surface area contributed by atoms with Gasteiger partial charge in [-0.3, -0.25) is 4.90 Å². The van der Waals surface area contributed by atoms with Gasteiger partial charge in [0.25, 0.3) is 0 Å². The van der Waals surface area contributed by atoms with E-state index in [1.54, 1.807) is 0 Å². The Bertz CT molecular complexity index is 662. The molecule has 0 amide bonds. The highest BCUT2D eigenvalue weighted by molar-refractivity contribution is 5.73. The minimum atomic E-state index is -5.08. The maximum atomic E-state index is 12.8. The first-order valence-electron chi connectivity index (χ1n) is 8.84. The van der Waals surface area contributed by atoms with Crippen molar-refractivity contribution >= 4 is 11.9 Å². The van der Waals surface area contributed by atoms with Crippen LogP contribution in [0.15, 0.2) is 24.3 Å². The zero-order valence-corrected chi connectivity index (χ0v) is 16.4. The molecule has 0 spiro atoms. The average Bonchev–Trinajstić information content (AvgIpc) is 2.63. The Morgan fingerprint density at radius 1 is 0.935 bits per heavy atom. The van der Waals surface area contributed by atoms with E-state index in [2.05, 4.69) is 11.9 Å². The first kappa shape index (κ1) is 28.6. The van der Waals surface area contributed by atoms with Crippen molar-refractivity contribution in [3.05, 3.63) is 35.6 Å². The smallest absolute Gasteiger partial charge is 0.475 e. The topological polar surface area (TPSA) is 104 Å². The summed E-state index contributed by atoms with van der Waals surface area (Å²) in [6.07, 6.45) is -5.56. The number of aliphatic carboxylic acids is 2.